The van der Waals surface area contributed by atoms with Crippen LogP contribution in [0.3, 0.4) is 0 Å². The topological polar surface area (TPSA) is 9.23 Å². The monoisotopic (exact) mass is 537 g/mol. The number of hydrogen-bond donors (Lipinski definition) is 0. The molecule has 0 bridgehead atoms. The second-order valence-corrected chi connectivity index (χ2v) is 30.3. The number of allylic oxidation sites excluding steroid dienone is 2. The summed E-state index contributed by atoms with van der Waals surface area (Å²) >= 11 is -0.678. The van der Waals surface area contributed by atoms with Crippen molar-refractivity contribution >= 4 is 50.3 Å². The van der Waals surface area contributed by atoms with Gasteiger partial charge in [-0.25, -0.2) is 0 Å². The maximum Gasteiger partial charge on any atom is 0.401 e. The van der Waals surface area contributed by atoms with Crippen LogP contribution in [0, 0.1) is 0 Å². The minimum absolute atomic E-state index is 0. The molecule has 0 spiro atoms. The van der Waals surface area contributed by atoms with E-state index in [-0.39, 0.29) is 40.4 Å². The Morgan fingerprint density at radius 2 is 1.25 bits per heavy atom. The van der Waals surface area contributed by atoms with Gasteiger partial charge in [0.2, 0.25) is 0 Å². The van der Waals surface area contributed by atoms with Crippen molar-refractivity contribution in [1.82, 2.24) is 0 Å². The molecule has 0 heterocycles. The first kappa shape index (κ1) is 26.7. The van der Waals surface area contributed by atoms with E-state index in [9.17, 15) is 0 Å². The Bertz CT molecular complexity index is 753. The standard InChI is InChI=1S/2C9H7.C2H7Si.CH3.2Al.2ClH.O.Zr.3H/c2*1-2-5-9-7-3-6-8(9)4-1;1-3-2;;;;;;;;;;/h2*1-7H;3H,1-2H3;1H3;;;2*1H;;;;;/q;;;;;;;;;+2;;;/p-2. The fraction of sp³-hybridized carbons (Fsp3) is 0.238. The second-order valence-electron chi connectivity index (χ2n) is 7.16. The Morgan fingerprint density at radius 3 is 1.61 bits per heavy atom. The minimum atomic E-state index is -1.62. The van der Waals surface area contributed by atoms with Crippen molar-refractivity contribution in [3.63, 3.8) is 0 Å². The summed E-state index contributed by atoms with van der Waals surface area (Å²) in [7, 11) is 0. The molecular formula is C21H27Al2Cl2OSiZr. The zero-order valence-electron chi connectivity index (χ0n) is 17.0. The zero-order valence-corrected chi connectivity index (χ0v) is 25.6. The molecule has 28 heavy (non-hydrogen) atoms. The van der Waals surface area contributed by atoms with Crippen molar-refractivity contribution in [2.24, 2.45) is 0 Å². The second kappa shape index (κ2) is 13.1. The summed E-state index contributed by atoms with van der Waals surface area (Å²) in [5.74, 6) is 1.52. The Hall–Kier alpha value is 0.625. The smallest absolute Gasteiger partial charge is 0.401 e. The molecule has 7 heteroatoms. The summed E-state index contributed by atoms with van der Waals surface area (Å²) in [6.07, 6.45) is 9.84. The van der Waals surface area contributed by atoms with Gasteiger partial charge in [-0.2, -0.15) is 0 Å². The van der Waals surface area contributed by atoms with Crippen LogP contribution in [0.2, 0.25) is 18.9 Å². The van der Waals surface area contributed by atoms with Crippen LogP contribution in [0.25, 0.3) is 12.2 Å². The quantitative estimate of drug-likeness (QED) is 0.412. The summed E-state index contributed by atoms with van der Waals surface area (Å²) < 4.78 is 6.39. The van der Waals surface area contributed by atoms with Gasteiger partial charge in [0.25, 0.3) is 0 Å². The number of hydrogen-bond acceptors (Lipinski definition) is 1. The molecule has 0 saturated carbocycles. The normalized spacial score (nSPS) is 17.6. The maximum atomic E-state index is 4.82. The van der Waals surface area contributed by atoms with Crippen LogP contribution in [0.5, 0.6) is 0 Å². The van der Waals surface area contributed by atoms with Gasteiger partial charge in [-0.15, -0.1) is 0 Å². The first-order chi connectivity index (χ1) is 12.7. The Balaban J connectivity index is 0.000000601. The molecule has 0 radical (unpaired) electrons. The van der Waals surface area contributed by atoms with Crippen LogP contribution in [-0.2, 0) is 23.8 Å². The Kier molecular flexibility index (Phi) is 12.5. The molecule has 2 atom stereocenters. The Morgan fingerprint density at radius 1 is 0.857 bits per heavy atom. The number of fused-ring (bicyclic) bond motifs is 2. The van der Waals surface area contributed by atoms with Crippen molar-refractivity contribution in [2.75, 3.05) is 0 Å². The summed E-state index contributed by atoms with van der Waals surface area (Å²) in [4.78, 5) is 0. The van der Waals surface area contributed by atoms with Gasteiger partial charge in [-0.05, 0) is 0 Å². The molecule has 0 fully saturated rings. The number of benzene rings is 2. The summed E-state index contributed by atoms with van der Waals surface area (Å²) in [6.45, 7) is 5.19. The van der Waals surface area contributed by atoms with E-state index in [0.717, 1.165) is 23.9 Å². The molecule has 2 aromatic rings. The first-order valence-corrected chi connectivity index (χ1v) is 22.4. The molecule has 2 aliphatic rings. The van der Waals surface area contributed by atoms with Gasteiger partial charge in [-0.3, -0.25) is 0 Å². The van der Waals surface area contributed by atoms with Crippen LogP contribution >= 0.6 is 0 Å². The third kappa shape index (κ3) is 6.08. The van der Waals surface area contributed by atoms with Gasteiger partial charge in [0, 0.05) is 0 Å². The third-order valence-electron chi connectivity index (χ3n) is 5.27. The largest absolute Gasteiger partial charge is 1.00 e. The van der Waals surface area contributed by atoms with Gasteiger partial charge in [-0.1, -0.05) is 5.79 Å². The van der Waals surface area contributed by atoms with E-state index < -0.39 is 26.8 Å². The minimum Gasteiger partial charge on any atom is -1.00 e. The first-order valence-electron chi connectivity index (χ1n) is 9.57. The van der Waals surface area contributed by atoms with Gasteiger partial charge >= 0.3 is 174 Å². The molecule has 2 unspecified atom stereocenters. The molecule has 2 aliphatic carbocycles. The van der Waals surface area contributed by atoms with Gasteiger partial charge in [0.1, 0.15) is 0 Å². The van der Waals surface area contributed by atoms with Crippen molar-refractivity contribution in [3.05, 3.63) is 82.9 Å². The van der Waals surface area contributed by atoms with E-state index in [1.807, 2.05) is 0 Å². The van der Waals surface area contributed by atoms with Crippen LogP contribution in [0.4, 0.5) is 0 Å². The van der Waals surface area contributed by atoms with E-state index in [0.29, 0.717) is 0 Å². The van der Waals surface area contributed by atoms with Crippen LogP contribution in [-0.4, -0.2) is 38.1 Å². The fourth-order valence-corrected chi connectivity index (χ4v) is 25.0. The third-order valence-corrected chi connectivity index (χ3v) is 29.0. The van der Waals surface area contributed by atoms with E-state index in [4.69, 9.17) is 2.84 Å². The maximum absolute atomic E-state index is 4.82. The summed E-state index contributed by atoms with van der Waals surface area (Å²) in [5, 5.41) is 0. The molecule has 4 rings (SSSR count). The average Bonchev–Trinajstić information content (AvgIpc) is 3.28. The predicted molar refractivity (Wildman–Crippen MR) is 118 cm³/mol. The van der Waals surface area contributed by atoms with E-state index in [2.05, 4.69) is 91.7 Å². The van der Waals surface area contributed by atoms with Crippen molar-refractivity contribution < 1.29 is 48.6 Å². The molecule has 0 N–H and O–H groups in total. The number of rotatable bonds is 4. The molecule has 0 amide bonds. The van der Waals surface area contributed by atoms with Crippen LogP contribution in [0.1, 0.15) is 29.5 Å². The van der Waals surface area contributed by atoms with Crippen LogP contribution in [0.15, 0.2) is 60.7 Å². The SMILES string of the molecule is C[SiH](C)[Zr+2]([CH]1C=Cc2ccccc21)[CH]1C=Cc2ccccc21.[CH3][AlH][O][AlH2].[Cl-].[Cl-]. The molecule has 145 valence electrons. The molecular weight excluding hydrogens is 512 g/mol. The molecule has 1 nitrogen and oxygen atoms in total. The molecule has 0 saturated heterocycles. The van der Waals surface area contributed by atoms with Crippen molar-refractivity contribution in [3.8, 4) is 0 Å². The average molecular weight is 540 g/mol. The summed E-state index contributed by atoms with van der Waals surface area (Å²) in [5.41, 5.74) is 6.18. The van der Waals surface area contributed by atoms with Crippen molar-refractivity contribution in [2.45, 2.75) is 26.1 Å². The fourth-order valence-electron chi connectivity index (χ4n) is 3.99. The van der Waals surface area contributed by atoms with Crippen molar-refractivity contribution in [1.29, 1.82) is 0 Å². The number of halogens is 2. The zero-order chi connectivity index (χ0) is 18.5. The predicted octanol–water partition coefficient (Wildman–Crippen LogP) is -1.92. The Labute approximate surface area is 205 Å². The molecule has 2 aromatic carbocycles. The van der Waals surface area contributed by atoms with Gasteiger partial charge in [0.15, 0.2) is 0 Å². The van der Waals surface area contributed by atoms with E-state index in [1.165, 1.54) is 11.1 Å². The van der Waals surface area contributed by atoms with Gasteiger partial charge < -0.3 is 27.7 Å². The molecule has 0 aromatic heterocycles. The van der Waals surface area contributed by atoms with E-state index in [1.54, 1.807) is 11.1 Å². The summed E-state index contributed by atoms with van der Waals surface area (Å²) in [6, 6.07) is 18.1. The van der Waals surface area contributed by atoms with Crippen LogP contribution < -0.4 is 24.8 Å². The molecule has 0 aliphatic heterocycles. The van der Waals surface area contributed by atoms with E-state index >= 15 is 0 Å². The van der Waals surface area contributed by atoms with Gasteiger partial charge in [0.05, 0.1) is 0 Å².